The Morgan fingerprint density at radius 2 is 2.17 bits per heavy atom. The molecule has 0 saturated carbocycles. The van der Waals surface area contributed by atoms with Crippen molar-refractivity contribution < 1.29 is 4.79 Å². The van der Waals surface area contributed by atoms with Crippen LogP contribution in [0.5, 0.6) is 0 Å². The number of carbonyl (C=O) groups is 1. The molecule has 66 valence electrons. The predicted molar refractivity (Wildman–Crippen MR) is 48.6 cm³/mol. The Balaban J connectivity index is 4.70. The van der Waals surface area contributed by atoms with Crippen molar-refractivity contribution >= 4 is 5.91 Å². The fourth-order valence-corrected chi connectivity index (χ4v) is 0.723. The first-order valence-corrected chi connectivity index (χ1v) is 3.43. The Kier molecular flexibility index (Phi) is 4.48. The van der Waals surface area contributed by atoms with Gasteiger partial charge < -0.3 is 5.73 Å². The molecular formula is C8H13N3O. The lowest BCUT2D eigenvalue weighted by Gasteiger charge is -2.03. The van der Waals surface area contributed by atoms with Gasteiger partial charge in [-0.3, -0.25) is 10.2 Å². The zero-order valence-corrected chi connectivity index (χ0v) is 7.00. The second kappa shape index (κ2) is 5.15. The zero-order valence-electron chi connectivity index (χ0n) is 7.00. The SMILES string of the molecule is C=C/C=C(N)\C(=C/C)C(=O)NN. The van der Waals surface area contributed by atoms with E-state index in [1.807, 2.05) is 5.43 Å². The highest BCUT2D eigenvalue weighted by molar-refractivity contribution is 5.97. The van der Waals surface area contributed by atoms with Crippen molar-refractivity contribution in [3.8, 4) is 0 Å². The lowest BCUT2D eigenvalue weighted by atomic mass is 10.1. The quantitative estimate of drug-likeness (QED) is 0.181. The van der Waals surface area contributed by atoms with Crippen LogP contribution in [0.25, 0.3) is 0 Å². The molecule has 0 bridgehead atoms. The molecule has 0 heterocycles. The van der Waals surface area contributed by atoms with Crippen LogP contribution >= 0.6 is 0 Å². The Morgan fingerprint density at radius 1 is 1.58 bits per heavy atom. The van der Waals surface area contributed by atoms with Crippen molar-refractivity contribution in [2.75, 3.05) is 0 Å². The van der Waals surface area contributed by atoms with Crippen molar-refractivity contribution in [2.45, 2.75) is 6.92 Å². The maximum Gasteiger partial charge on any atom is 0.266 e. The molecule has 4 heteroatoms. The monoisotopic (exact) mass is 167 g/mol. The van der Waals surface area contributed by atoms with Crippen molar-refractivity contribution in [3.63, 3.8) is 0 Å². The molecule has 0 aromatic carbocycles. The van der Waals surface area contributed by atoms with E-state index >= 15 is 0 Å². The minimum absolute atomic E-state index is 0.343. The van der Waals surface area contributed by atoms with E-state index in [-0.39, 0.29) is 0 Å². The lowest BCUT2D eigenvalue weighted by Crippen LogP contribution is -2.32. The minimum atomic E-state index is -0.409. The summed E-state index contributed by atoms with van der Waals surface area (Å²) in [5, 5.41) is 0. The van der Waals surface area contributed by atoms with Crippen LogP contribution in [0.4, 0.5) is 0 Å². The van der Waals surface area contributed by atoms with Gasteiger partial charge in [0.15, 0.2) is 0 Å². The number of nitrogens with two attached hydrogens (primary N) is 2. The Hall–Kier alpha value is -1.55. The molecule has 0 atom stereocenters. The molecule has 0 aliphatic carbocycles. The van der Waals surface area contributed by atoms with Crippen LogP contribution in [0.1, 0.15) is 6.92 Å². The second-order valence-corrected chi connectivity index (χ2v) is 2.03. The third-order valence-corrected chi connectivity index (χ3v) is 1.27. The summed E-state index contributed by atoms with van der Waals surface area (Å²) in [6.45, 7) is 5.16. The summed E-state index contributed by atoms with van der Waals surface area (Å²) in [6.07, 6.45) is 4.62. The summed E-state index contributed by atoms with van der Waals surface area (Å²) in [6, 6.07) is 0. The van der Waals surface area contributed by atoms with E-state index in [4.69, 9.17) is 11.6 Å². The fourth-order valence-electron chi connectivity index (χ4n) is 0.723. The van der Waals surface area contributed by atoms with Gasteiger partial charge in [0.1, 0.15) is 0 Å². The molecule has 0 unspecified atom stereocenters. The number of nitrogens with one attached hydrogen (secondary N) is 1. The maximum atomic E-state index is 11.0. The van der Waals surface area contributed by atoms with Crippen LogP contribution < -0.4 is 17.0 Å². The van der Waals surface area contributed by atoms with Crippen LogP contribution in [-0.4, -0.2) is 5.91 Å². The van der Waals surface area contributed by atoms with E-state index in [2.05, 4.69) is 6.58 Å². The number of carbonyl (C=O) groups excluding carboxylic acids is 1. The smallest absolute Gasteiger partial charge is 0.266 e. The van der Waals surface area contributed by atoms with Gasteiger partial charge in [0.05, 0.1) is 5.57 Å². The van der Waals surface area contributed by atoms with Gasteiger partial charge in [-0.15, -0.1) is 0 Å². The molecule has 0 saturated heterocycles. The largest absolute Gasteiger partial charge is 0.398 e. The molecule has 0 aliphatic heterocycles. The van der Waals surface area contributed by atoms with Gasteiger partial charge in [-0.25, -0.2) is 5.84 Å². The summed E-state index contributed by atoms with van der Waals surface area (Å²) in [5.74, 6) is 4.52. The van der Waals surface area contributed by atoms with Crippen LogP contribution in [0.3, 0.4) is 0 Å². The highest BCUT2D eigenvalue weighted by Gasteiger charge is 2.07. The van der Waals surface area contributed by atoms with E-state index in [1.165, 1.54) is 12.2 Å². The maximum absolute atomic E-state index is 11.0. The highest BCUT2D eigenvalue weighted by atomic mass is 16.2. The third kappa shape index (κ3) is 2.59. The molecule has 0 aromatic heterocycles. The van der Waals surface area contributed by atoms with Gasteiger partial charge in [-0.2, -0.15) is 0 Å². The molecule has 0 radical (unpaired) electrons. The van der Waals surface area contributed by atoms with Crippen molar-refractivity contribution in [2.24, 2.45) is 11.6 Å². The van der Waals surface area contributed by atoms with E-state index in [1.54, 1.807) is 13.0 Å². The summed E-state index contributed by atoms with van der Waals surface area (Å²) in [4.78, 5) is 11.0. The van der Waals surface area contributed by atoms with Gasteiger partial charge in [-0.1, -0.05) is 18.7 Å². The normalized spacial score (nSPS) is 12.5. The predicted octanol–water partition coefficient (Wildman–Crippen LogP) is -0.0488. The number of hydrazine groups is 1. The molecule has 1 amide bonds. The number of amides is 1. The molecule has 0 aromatic rings. The van der Waals surface area contributed by atoms with Crippen LogP contribution in [-0.2, 0) is 4.79 Å². The number of hydrogen-bond acceptors (Lipinski definition) is 3. The number of rotatable bonds is 3. The van der Waals surface area contributed by atoms with Crippen LogP contribution in [0.2, 0.25) is 0 Å². The van der Waals surface area contributed by atoms with Gasteiger partial charge in [0.25, 0.3) is 5.91 Å². The van der Waals surface area contributed by atoms with Gasteiger partial charge >= 0.3 is 0 Å². The fraction of sp³-hybridized carbons (Fsp3) is 0.125. The van der Waals surface area contributed by atoms with E-state index < -0.39 is 5.91 Å². The molecule has 0 aliphatic rings. The average molecular weight is 167 g/mol. The van der Waals surface area contributed by atoms with Crippen LogP contribution in [0.15, 0.2) is 36.1 Å². The van der Waals surface area contributed by atoms with E-state index in [0.717, 1.165) is 0 Å². The molecule has 0 fully saturated rings. The summed E-state index contributed by atoms with van der Waals surface area (Å²) >= 11 is 0. The summed E-state index contributed by atoms with van der Waals surface area (Å²) < 4.78 is 0. The first kappa shape index (κ1) is 10.4. The molecular weight excluding hydrogens is 154 g/mol. The standard InChI is InChI=1S/C8H13N3O/c1-3-5-7(9)6(4-2)8(12)11-10/h3-5H,1,9-10H2,2H3,(H,11,12)/b6-4+,7-5+. The molecule has 4 nitrogen and oxygen atoms in total. The Labute approximate surface area is 71.6 Å². The first-order chi connectivity index (χ1) is 5.67. The van der Waals surface area contributed by atoms with Crippen molar-refractivity contribution in [1.82, 2.24) is 5.43 Å². The zero-order chi connectivity index (χ0) is 9.56. The Morgan fingerprint density at radius 3 is 2.50 bits per heavy atom. The molecule has 12 heavy (non-hydrogen) atoms. The van der Waals surface area contributed by atoms with Crippen molar-refractivity contribution in [1.29, 1.82) is 0 Å². The summed E-state index contributed by atoms with van der Waals surface area (Å²) in [7, 11) is 0. The van der Waals surface area contributed by atoms with E-state index in [9.17, 15) is 4.79 Å². The topological polar surface area (TPSA) is 81.1 Å². The Bertz CT molecular complexity index is 241. The first-order valence-electron chi connectivity index (χ1n) is 3.43. The van der Waals surface area contributed by atoms with E-state index in [0.29, 0.717) is 11.3 Å². The highest BCUT2D eigenvalue weighted by Crippen LogP contribution is 2.02. The summed E-state index contributed by atoms with van der Waals surface area (Å²) in [5.41, 5.74) is 8.20. The second-order valence-electron chi connectivity index (χ2n) is 2.03. The van der Waals surface area contributed by atoms with Crippen LogP contribution in [0, 0.1) is 0 Å². The van der Waals surface area contributed by atoms with Gasteiger partial charge in [0.2, 0.25) is 0 Å². The minimum Gasteiger partial charge on any atom is -0.398 e. The lowest BCUT2D eigenvalue weighted by molar-refractivity contribution is -0.117. The van der Waals surface area contributed by atoms with Gasteiger partial charge in [0, 0.05) is 5.70 Å². The molecule has 5 N–H and O–H groups in total. The third-order valence-electron chi connectivity index (χ3n) is 1.27. The van der Waals surface area contributed by atoms with Crippen molar-refractivity contribution in [3.05, 3.63) is 36.1 Å². The average Bonchev–Trinajstić information content (AvgIpc) is 2.06. The number of hydrogen-bond donors (Lipinski definition) is 3. The number of allylic oxidation sites excluding steroid dienone is 3. The molecule has 0 rings (SSSR count). The molecule has 0 spiro atoms. The van der Waals surface area contributed by atoms with Gasteiger partial charge in [-0.05, 0) is 13.0 Å².